The van der Waals surface area contributed by atoms with Crippen molar-refractivity contribution in [2.24, 2.45) is 0 Å². The third-order valence-corrected chi connectivity index (χ3v) is 3.16. The number of ether oxygens (including phenoxy) is 2. The van der Waals surface area contributed by atoms with E-state index in [2.05, 4.69) is 5.32 Å². The van der Waals surface area contributed by atoms with E-state index in [0.717, 1.165) is 25.9 Å². The van der Waals surface area contributed by atoms with Crippen LogP contribution in [-0.2, 0) is 4.74 Å². The van der Waals surface area contributed by atoms with Crippen molar-refractivity contribution >= 4 is 11.4 Å². The van der Waals surface area contributed by atoms with Gasteiger partial charge >= 0.3 is 5.69 Å². The van der Waals surface area contributed by atoms with Gasteiger partial charge < -0.3 is 14.8 Å². The van der Waals surface area contributed by atoms with Crippen LogP contribution in [0.15, 0.2) is 18.2 Å². The van der Waals surface area contributed by atoms with Crippen LogP contribution in [0, 0.1) is 10.1 Å². The minimum atomic E-state index is -0.392. The van der Waals surface area contributed by atoms with Gasteiger partial charge in [0.1, 0.15) is 5.69 Å². The molecule has 0 amide bonds. The van der Waals surface area contributed by atoms with Crippen LogP contribution >= 0.6 is 0 Å². The molecule has 20 heavy (non-hydrogen) atoms. The zero-order chi connectivity index (χ0) is 14.4. The molecule has 6 heteroatoms. The maximum atomic E-state index is 11.3. The molecule has 0 bridgehead atoms. The second-order valence-electron chi connectivity index (χ2n) is 4.82. The highest BCUT2D eigenvalue weighted by Crippen LogP contribution is 2.35. The highest BCUT2D eigenvalue weighted by atomic mass is 16.6. The molecule has 6 nitrogen and oxygen atoms in total. The Balaban J connectivity index is 2.19. The van der Waals surface area contributed by atoms with Gasteiger partial charge in [-0.1, -0.05) is 13.0 Å². The Morgan fingerprint density at radius 3 is 3.05 bits per heavy atom. The molecule has 1 unspecified atom stereocenters. The molecule has 0 aliphatic carbocycles. The van der Waals surface area contributed by atoms with Gasteiger partial charge in [0.25, 0.3) is 0 Å². The molecule has 1 heterocycles. The molecule has 1 saturated heterocycles. The summed E-state index contributed by atoms with van der Waals surface area (Å²) in [6.07, 6.45) is 2.74. The Morgan fingerprint density at radius 1 is 1.55 bits per heavy atom. The second-order valence-corrected chi connectivity index (χ2v) is 4.82. The first-order chi connectivity index (χ1) is 9.72. The Bertz CT molecular complexity index is 458. The van der Waals surface area contributed by atoms with Crippen LogP contribution in [0.2, 0.25) is 0 Å². The lowest BCUT2D eigenvalue weighted by molar-refractivity contribution is -0.385. The smallest absolute Gasteiger partial charge is 0.333 e. The first-order valence-electron chi connectivity index (χ1n) is 6.97. The molecule has 1 aliphatic heterocycles. The normalized spacial score (nSPS) is 18.6. The summed E-state index contributed by atoms with van der Waals surface area (Å²) >= 11 is 0. The van der Waals surface area contributed by atoms with E-state index >= 15 is 0 Å². The van der Waals surface area contributed by atoms with E-state index < -0.39 is 4.92 Å². The van der Waals surface area contributed by atoms with E-state index in [1.807, 2.05) is 6.92 Å². The van der Waals surface area contributed by atoms with Crippen LogP contribution in [-0.4, -0.2) is 30.8 Å². The predicted molar refractivity (Wildman–Crippen MR) is 76.3 cm³/mol. The second kappa shape index (κ2) is 7.09. The molecule has 1 atom stereocenters. The molecule has 110 valence electrons. The third kappa shape index (κ3) is 3.60. The summed E-state index contributed by atoms with van der Waals surface area (Å²) in [5.74, 6) is 0.318. The Morgan fingerprint density at radius 2 is 2.40 bits per heavy atom. The van der Waals surface area contributed by atoms with Gasteiger partial charge in [-0.3, -0.25) is 10.1 Å². The Kier molecular flexibility index (Phi) is 5.17. The number of hydrogen-bond acceptors (Lipinski definition) is 5. The average molecular weight is 280 g/mol. The summed E-state index contributed by atoms with van der Waals surface area (Å²) in [6.45, 7) is 3.78. The molecule has 0 radical (unpaired) electrons. The number of nitrogens with zero attached hydrogens (tertiary/aromatic N) is 1. The van der Waals surface area contributed by atoms with Crippen molar-refractivity contribution in [2.45, 2.75) is 32.2 Å². The number of hydrogen-bond donors (Lipinski definition) is 1. The van der Waals surface area contributed by atoms with Crippen molar-refractivity contribution in [3.63, 3.8) is 0 Å². The van der Waals surface area contributed by atoms with Gasteiger partial charge in [0.05, 0.1) is 18.1 Å². The number of benzene rings is 1. The fourth-order valence-corrected chi connectivity index (χ4v) is 2.23. The molecule has 0 saturated carbocycles. The minimum Gasteiger partial charge on any atom is -0.487 e. The van der Waals surface area contributed by atoms with Gasteiger partial charge in [-0.05, 0) is 31.4 Å². The predicted octanol–water partition coefficient (Wildman–Crippen LogP) is 2.97. The lowest BCUT2D eigenvalue weighted by atomic mass is 10.1. The summed E-state index contributed by atoms with van der Waals surface area (Å²) in [7, 11) is 0. The van der Waals surface area contributed by atoms with Gasteiger partial charge in [0.2, 0.25) is 0 Å². The highest BCUT2D eigenvalue weighted by molar-refractivity contribution is 5.68. The molecule has 2 rings (SSSR count). The summed E-state index contributed by atoms with van der Waals surface area (Å²) in [6, 6.07) is 5.23. The van der Waals surface area contributed by atoms with Crippen LogP contribution in [0.5, 0.6) is 5.75 Å². The minimum absolute atomic E-state index is 0.00604. The first kappa shape index (κ1) is 14.6. The maximum Gasteiger partial charge on any atom is 0.333 e. The zero-order valence-corrected chi connectivity index (χ0v) is 11.6. The van der Waals surface area contributed by atoms with Crippen LogP contribution in [0.3, 0.4) is 0 Å². The van der Waals surface area contributed by atoms with E-state index in [0.29, 0.717) is 24.7 Å². The summed E-state index contributed by atoms with van der Waals surface area (Å²) in [5.41, 5.74) is 0.505. The third-order valence-electron chi connectivity index (χ3n) is 3.16. The van der Waals surface area contributed by atoms with Gasteiger partial charge in [-0.2, -0.15) is 0 Å². The Hall–Kier alpha value is -1.82. The summed E-state index contributed by atoms with van der Waals surface area (Å²) < 4.78 is 10.9. The standard InChI is InChI=1S/C14H20N2O4/c1-2-8-20-13-7-3-6-12(14(13)16(17)18)15-11-5-4-9-19-10-11/h3,6-7,11,15H,2,4-5,8-10H2,1H3. The number of nitro benzene ring substituents is 1. The Labute approximate surface area is 118 Å². The molecule has 1 N–H and O–H groups in total. The molecular formula is C14H20N2O4. The van der Waals surface area contributed by atoms with Crippen molar-refractivity contribution in [3.8, 4) is 5.75 Å². The molecular weight excluding hydrogens is 260 g/mol. The quantitative estimate of drug-likeness (QED) is 0.640. The lowest BCUT2D eigenvalue weighted by Gasteiger charge is -2.24. The van der Waals surface area contributed by atoms with E-state index in [-0.39, 0.29) is 11.7 Å². The molecule has 1 aromatic carbocycles. The van der Waals surface area contributed by atoms with Crippen molar-refractivity contribution in [3.05, 3.63) is 28.3 Å². The average Bonchev–Trinajstić information content (AvgIpc) is 2.46. The number of anilines is 1. The van der Waals surface area contributed by atoms with E-state index in [1.165, 1.54) is 0 Å². The van der Waals surface area contributed by atoms with Crippen LogP contribution in [0.25, 0.3) is 0 Å². The van der Waals surface area contributed by atoms with Crippen molar-refractivity contribution in [1.82, 2.24) is 0 Å². The molecule has 0 spiro atoms. The fraction of sp³-hybridized carbons (Fsp3) is 0.571. The summed E-state index contributed by atoms with van der Waals surface area (Å²) in [5, 5.41) is 14.5. The van der Waals surface area contributed by atoms with E-state index in [9.17, 15) is 10.1 Å². The van der Waals surface area contributed by atoms with E-state index in [1.54, 1.807) is 18.2 Å². The van der Waals surface area contributed by atoms with Crippen LogP contribution in [0.4, 0.5) is 11.4 Å². The molecule has 1 aromatic rings. The maximum absolute atomic E-state index is 11.3. The van der Waals surface area contributed by atoms with Gasteiger partial charge in [-0.25, -0.2) is 0 Å². The number of rotatable bonds is 6. The van der Waals surface area contributed by atoms with Crippen LogP contribution < -0.4 is 10.1 Å². The number of nitrogens with one attached hydrogen (secondary N) is 1. The largest absolute Gasteiger partial charge is 0.487 e. The monoisotopic (exact) mass is 280 g/mol. The fourth-order valence-electron chi connectivity index (χ4n) is 2.23. The highest BCUT2D eigenvalue weighted by Gasteiger charge is 2.23. The SMILES string of the molecule is CCCOc1cccc(NC2CCCOC2)c1[N+](=O)[O-]. The van der Waals surface area contributed by atoms with Gasteiger partial charge in [0, 0.05) is 12.6 Å². The topological polar surface area (TPSA) is 73.6 Å². The zero-order valence-electron chi connectivity index (χ0n) is 11.6. The van der Waals surface area contributed by atoms with Crippen molar-refractivity contribution in [2.75, 3.05) is 25.1 Å². The van der Waals surface area contributed by atoms with Crippen molar-refractivity contribution < 1.29 is 14.4 Å². The van der Waals surface area contributed by atoms with E-state index in [4.69, 9.17) is 9.47 Å². The molecule has 1 aliphatic rings. The summed E-state index contributed by atoms with van der Waals surface area (Å²) in [4.78, 5) is 10.9. The lowest BCUT2D eigenvalue weighted by Crippen LogP contribution is -2.30. The van der Waals surface area contributed by atoms with Crippen molar-refractivity contribution in [1.29, 1.82) is 0 Å². The molecule has 0 aromatic heterocycles. The number of nitro groups is 1. The first-order valence-corrected chi connectivity index (χ1v) is 6.97. The van der Waals surface area contributed by atoms with Crippen LogP contribution in [0.1, 0.15) is 26.2 Å². The molecule has 1 fully saturated rings. The van der Waals surface area contributed by atoms with Gasteiger partial charge in [-0.15, -0.1) is 0 Å². The number of para-hydroxylation sites is 1. The van der Waals surface area contributed by atoms with Gasteiger partial charge in [0.15, 0.2) is 5.75 Å².